The van der Waals surface area contributed by atoms with E-state index < -0.39 is 5.41 Å². The number of pyridine rings is 1. The van der Waals surface area contributed by atoms with Gasteiger partial charge < -0.3 is 14.6 Å². The standard InChI is InChI=1S/C29H30N6O2/c1-19-28(34-25(17-32-19)22-8-11-31-27(14-22)29(2,3)18-30)26-15-24(35-37-26)21-6-4-20(5-7-21)16-33-23-9-12-36-13-10-23/h4-8,11,14-15,17,23,33H,9-10,12-13,16H2,1-3H3. The molecule has 0 atom stereocenters. The lowest BCUT2D eigenvalue weighted by atomic mass is 9.90. The van der Waals surface area contributed by atoms with Gasteiger partial charge in [-0.15, -0.1) is 0 Å². The van der Waals surface area contributed by atoms with E-state index in [4.69, 9.17) is 14.2 Å². The van der Waals surface area contributed by atoms with Crippen molar-refractivity contribution in [2.45, 2.75) is 51.6 Å². The number of nitriles is 1. The van der Waals surface area contributed by atoms with E-state index in [9.17, 15) is 5.26 Å². The molecule has 0 aliphatic carbocycles. The summed E-state index contributed by atoms with van der Waals surface area (Å²) in [6.45, 7) is 8.08. The van der Waals surface area contributed by atoms with Crippen LogP contribution in [0.15, 0.2) is 59.4 Å². The lowest BCUT2D eigenvalue weighted by molar-refractivity contribution is 0.0776. The minimum Gasteiger partial charge on any atom is -0.381 e. The molecule has 0 bridgehead atoms. The number of nitrogens with one attached hydrogen (secondary N) is 1. The second-order valence-corrected chi connectivity index (χ2v) is 9.90. The van der Waals surface area contributed by atoms with Crippen LogP contribution in [-0.2, 0) is 16.7 Å². The molecule has 0 saturated carbocycles. The van der Waals surface area contributed by atoms with E-state index in [1.165, 1.54) is 5.56 Å². The minimum atomic E-state index is -0.701. The molecule has 0 radical (unpaired) electrons. The van der Waals surface area contributed by atoms with Gasteiger partial charge in [0.05, 0.1) is 34.8 Å². The maximum Gasteiger partial charge on any atom is 0.187 e. The zero-order valence-corrected chi connectivity index (χ0v) is 21.4. The van der Waals surface area contributed by atoms with Gasteiger partial charge in [0.15, 0.2) is 5.76 Å². The van der Waals surface area contributed by atoms with Gasteiger partial charge in [-0.1, -0.05) is 29.4 Å². The van der Waals surface area contributed by atoms with Gasteiger partial charge in [-0.25, -0.2) is 4.98 Å². The van der Waals surface area contributed by atoms with Crippen molar-refractivity contribution in [3.8, 4) is 40.0 Å². The maximum atomic E-state index is 9.49. The summed E-state index contributed by atoms with van der Waals surface area (Å²) in [5.41, 5.74) is 5.82. The van der Waals surface area contributed by atoms with Crippen LogP contribution in [0.2, 0.25) is 0 Å². The topological polar surface area (TPSA) is 110 Å². The first-order valence-corrected chi connectivity index (χ1v) is 12.5. The molecule has 1 aromatic carbocycles. The Morgan fingerprint density at radius 3 is 2.57 bits per heavy atom. The van der Waals surface area contributed by atoms with Gasteiger partial charge in [-0.05, 0) is 51.3 Å². The zero-order valence-electron chi connectivity index (χ0n) is 21.4. The molecular formula is C29H30N6O2. The van der Waals surface area contributed by atoms with Crippen molar-refractivity contribution in [2.75, 3.05) is 13.2 Å². The molecule has 3 aromatic heterocycles. The van der Waals surface area contributed by atoms with Gasteiger partial charge in [0.1, 0.15) is 11.4 Å². The highest BCUT2D eigenvalue weighted by molar-refractivity contribution is 5.68. The van der Waals surface area contributed by atoms with E-state index in [1.54, 1.807) is 12.4 Å². The van der Waals surface area contributed by atoms with E-state index in [2.05, 4.69) is 50.8 Å². The van der Waals surface area contributed by atoms with Crippen LogP contribution in [0.25, 0.3) is 34.0 Å². The van der Waals surface area contributed by atoms with Crippen molar-refractivity contribution in [3.63, 3.8) is 0 Å². The summed E-state index contributed by atoms with van der Waals surface area (Å²) in [5.74, 6) is 0.554. The van der Waals surface area contributed by atoms with Gasteiger partial charge in [0.2, 0.25) is 0 Å². The number of hydrogen-bond donors (Lipinski definition) is 1. The summed E-state index contributed by atoms with van der Waals surface area (Å²) in [4.78, 5) is 13.7. The lowest BCUT2D eigenvalue weighted by Gasteiger charge is -2.23. The van der Waals surface area contributed by atoms with E-state index in [1.807, 2.05) is 39.0 Å². The van der Waals surface area contributed by atoms with Gasteiger partial charge in [-0.2, -0.15) is 5.26 Å². The number of rotatable bonds is 7. The first-order chi connectivity index (χ1) is 17.9. The van der Waals surface area contributed by atoms with Crippen molar-refractivity contribution >= 4 is 0 Å². The van der Waals surface area contributed by atoms with Crippen LogP contribution < -0.4 is 5.32 Å². The van der Waals surface area contributed by atoms with Crippen LogP contribution in [0, 0.1) is 18.3 Å². The third-order valence-electron chi connectivity index (χ3n) is 6.74. The van der Waals surface area contributed by atoms with Gasteiger partial charge in [0.25, 0.3) is 0 Å². The monoisotopic (exact) mass is 494 g/mol. The Bertz CT molecular complexity index is 1420. The highest BCUT2D eigenvalue weighted by atomic mass is 16.5. The van der Waals surface area contributed by atoms with Crippen LogP contribution >= 0.6 is 0 Å². The Morgan fingerprint density at radius 2 is 1.81 bits per heavy atom. The molecule has 0 spiro atoms. The Kier molecular flexibility index (Phi) is 7.08. The third kappa shape index (κ3) is 5.58. The van der Waals surface area contributed by atoms with Crippen molar-refractivity contribution in [3.05, 3.63) is 71.8 Å². The smallest absolute Gasteiger partial charge is 0.187 e. The molecule has 8 heteroatoms. The molecule has 1 aliphatic rings. The molecule has 0 unspecified atom stereocenters. The molecule has 0 amide bonds. The first kappa shape index (κ1) is 24.8. The highest BCUT2D eigenvalue weighted by Crippen LogP contribution is 2.30. The normalized spacial score (nSPS) is 14.4. The van der Waals surface area contributed by atoms with Crippen molar-refractivity contribution < 1.29 is 9.26 Å². The first-order valence-electron chi connectivity index (χ1n) is 12.5. The SMILES string of the molecule is Cc1ncc(-c2ccnc(C(C)(C)C#N)c2)nc1-c1cc(-c2ccc(CNC3CCOCC3)cc2)no1. The lowest BCUT2D eigenvalue weighted by Crippen LogP contribution is -2.34. The van der Waals surface area contributed by atoms with Crippen LogP contribution in [-0.4, -0.2) is 39.4 Å². The molecule has 1 saturated heterocycles. The van der Waals surface area contributed by atoms with Crippen molar-refractivity contribution in [2.24, 2.45) is 0 Å². The molecule has 1 aliphatic heterocycles. The Labute approximate surface area is 216 Å². The summed E-state index contributed by atoms with van der Waals surface area (Å²) >= 11 is 0. The molecule has 4 aromatic rings. The molecule has 188 valence electrons. The van der Waals surface area contributed by atoms with E-state index in [0.29, 0.717) is 28.9 Å². The molecule has 1 N–H and O–H groups in total. The van der Waals surface area contributed by atoms with Crippen LogP contribution in [0.1, 0.15) is 43.6 Å². The second kappa shape index (κ2) is 10.6. The number of hydrogen-bond acceptors (Lipinski definition) is 8. The number of aryl methyl sites for hydroxylation is 1. The number of benzene rings is 1. The van der Waals surface area contributed by atoms with E-state index in [0.717, 1.165) is 55.1 Å². The fraction of sp³-hybridized carbons (Fsp3) is 0.345. The van der Waals surface area contributed by atoms with Gasteiger partial charge in [-0.3, -0.25) is 9.97 Å². The average Bonchev–Trinajstić information content (AvgIpc) is 3.43. The van der Waals surface area contributed by atoms with Crippen molar-refractivity contribution in [1.82, 2.24) is 25.4 Å². The summed E-state index contributed by atoms with van der Waals surface area (Å²) in [6, 6.07) is 16.8. The van der Waals surface area contributed by atoms with Crippen LogP contribution in [0.5, 0.6) is 0 Å². The Morgan fingerprint density at radius 1 is 1.03 bits per heavy atom. The summed E-state index contributed by atoms with van der Waals surface area (Å²) < 4.78 is 11.1. The molecular weight excluding hydrogens is 464 g/mol. The molecule has 1 fully saturated rings. The van der Waals surface area contributed by atoms with Crippen LogP contribution in [0.3, 0.4) is 0 Å². The fourth-order valence-corrected chi connectivity index (χ4v) is 4.29. The number of nitrogens with zero attached hydrogens (tertiary/aromatic N) is 5. The summed E-state index contributed by atoms with van der Waals surface area (Å²) in [5, 5.41) is 17.4. The molecule has 4 heterocycles. The van der Waals surface area contributed by atoms with Crippen molar-refractivity contribution in [1.29, 1.82) is 5.26 Å². The summed E-state index contributed by atoms with van der Waals surface area (Å²) in [7, 11) is 0. The second-order valence-electron chi connectivity index (χ2n) is 9.90. The van der Waals surface area contributed by atoms with E-state index >= 15 is 0 Å². The predicted octanol–water partition coefficient (Wildman–Crippen LogP) is 5.24. The fourth-order valence-electron chi connectivity index (χ4n) is 4.29. The Balaban J connectivity index is 1.34. The third-order valence-corrected chi connectivity index (χ3v) is 6.74. The number of ether oxygens (including phenoxy) is 1. The largest absolute Gasteiger partial charge is 0.381 e. The molecule has 5 rings (SSSR count). The quantitative estimate of drug-likeness (QED) is 0.371. The predicted molar refractivity (Wildman–Crippen MR) is 140 cm³/mol. The number of aromatic nitrogens is 4. The highest BCUT2D eigenvalue weighted by Gasteiger charge is 2.22. The van der Waals surface area contributed by atoms with Gasteiger partial charge >= 0.3 is 0 Å². The maximum absolute atomic E-state index is 9.49. The molecule has 37 heavy (non-hydrogen) atoms. The minimum absolute atomic E-state index is 0.517. The van der Waals surface area contributed by atoms with Gasteiger partial charge in [0, 0.05) is 49.2 Å². The van der Waals surface area contributed by atoms with E-state index in [-0.39, 0.29) is 0 Å². The van der Waals surface area contributed by atoms with Crippen LogP contribution in [0.4, 0.5) is 0 Å². The Hall–Kier alpha value is -3.93. The zero-order chi connectivity index (χ0) is 25.8. The molecule has 8 nitrogen and oxygen atoms in total. The average molecular weight is 495 g/mol. The summed E-state index contributed by atoms with van der Waals surface area (Å²) in [6.07, 6.45) is 5.54.